The van der Waals surface area contributed by atoms with Crippen molar-refractivity contribution in [2.24, 2.45) is 5.73 Å². The maximum atomic E-state index is 5.96. The number of likely N-dealkylation sites (tertiary alicyclic amines) is 1. The zero-order valence-corrected chi connectivity index (χ0v) is 10.5. The molecule has 0 saturated carbocycles. The van der Waals surface area contributed by atoms with E-state index in [0.29, 0.717) is 12.1 Å². The van der Waals surface area contributed by atoms with E-state index in [4.69, 9.17) is 10.2 Å². The fourth-order valence-electron chi connectivity index (χ4n) is 2.12. The van der Waals surface area contributed by atoms with Crippen LogP contribution in [0.3, 0.4) is 0 Å². The molecule has 15 heavy (non-hydrogen) atoms. The molecule has 2 rings (SSSR count). The molecule has 0 bridgehead atoms. The Kier molecular flexibility index (Phi) is 3.49. The van der Waals surface area contributed by atoms with Crippen LogP contribution >= 0.6 is 15.9 Å². The van der Waals surface area contributed by atoms with Crippen LogP contribution in [0.5, 0.6) is 0 Å². The van der Waals surface area contributed by atoms with Crippen LogP contribution in [-0.2, 0) is 0 Å². The molecule has 3 nitrogen and oxygen atoms in total. The Labute approximate surface area is 98.7 Å². The fourth-order valence-corrected chi connectivity index (χ4v) is 2.44. The molecule has 0 radical (unpaired) electrons. The lowest BCUT2D eigenvalue weighted by molar-refractivity contribution is 0.143. The summed E-state index contributed by atoms with van der Waals surface area (Å²) in [5, 5.41) is 0. The largest absolute Gasteiger partial charge is 0.453 e. The van der Waals surface area contributed by atoms with E-state index in [1.54, 1.807) is 0 Å². The summed E-state index contributed by atoms with van der Waals surface area (Å²) >= 11 is 3.33. The van der Waals surface area contributed by atoms with Crippen molar-refractivity contribution >= 4 is 15.9 Å². The van der Waals surface area contributed by atoms with Gasteiger partial charge < -0.3 is 10.2 Å². The highest BCUT2D eigenvalue weighted by atomic mass is 79.9. The van der Waals surface area contributed by atoms with Crippen molar-refractivity contribution in [3.05, 3.63) is 22.6 Å². The number of furan rings is 1. The minimum absolute atomic E-state index is 0.319. The highest BCUT2D eigenvalue weighted by molar-refractivity contribution is 9.10. The number of rotatable bonds is 2. The first-order chi connectivity index (χ1) is 7.16. The second kappa shape index (κ2) is 4.68. The highest BCUT2D eigenvalue weighted by Crippen LogP contribution is 2.26. The van der Waals surface area contributed by atoms with Gasteiger partial charge in [-0.05, 0) is 54.4 Å². The maximum absolute atomic E-state index is 5.96. The summed E-state index contributed by atoms with van der Waals surface area (Å²) < 4.78 is 6.36. The Balaban J connectivity index is 2.03. The SMILES string of the molecule is CC(c1ccc(Br)o1)N1CCCC(N)C1. The molecule has 0 aliphatic carbocycles. The third-order valence-electron chi connectivity index (χ3n) is 3.04. The summed E-state index contributed by atoms with van der Waals surface area (Å²) in [6, 6.07) is 4.60. The first kappa shape index (κ1) is 11.2. The molecule has 1 aromatic heterocycles. The molecule has 2 N–H and O–H groups in total. The average Bonchev–Trinajstić information content (AvgIpc) is 2.64. The number of halogens is 1. The maximum Gasteiger partial charge on any atom is 0.169 e. The lowest BCUT2D eigenvalue weighted by Gasteiger charge is -2.34. The first-order valence-corrected chi connectivity index (χ1v) is 6.21. The fraction of sp³-hybridized carbons (Fsp3) is 0.636. The lowest BCUT2D eigenvalue weighted by Crippen LogP contribution is -2.43. The molecule has 84 valence electrons. The standard InChI is InChI=1S/C11H17BrN2O/c1-8(10-4-5-11(12)15-10)14-6-2-3-9(13)7-14/h4-5,8-9H,2-3,6-7,13H2,1H3. The molecule has 0 aromatic carbocycles. The van der Waals surface area contributed by atoms with Crippen molar-refractivity contribution in [3.8, 4) is 0 Å². The molecule has 4 heteroatoms. The van der Waals surface area contributed by atoms with Crippen LogP contribution in [0, 0.1) is 0 Å². The van der Waals surface area contributed by atoms with Crippen molar-refractivity contribution in [1.29, 1.82) is 0 Å². The summed E-state index contributed by atoms with van der Waals surface area (Å²) in [6.45, 7) is 4.26. The summed E-state index contributed by atoms with van der Waals surface area (Å²) in [5.41, 5.74) is 5.96. The number of nitrogens with two attached hydrogens (primary N) is 1. The average molecular weight is 273 g/mol. The molecule has 1 aliphatic rings. The van der Waals surface area contributed by atoms with Gasteiger partial charge in [-0.3, -0.25) is 4.90 Å². The molecule has 2 heterocycles. The number of hydrogen-bond acceptors (Lipinski definition) is 3. The summed E-state index contributed by atoms with van der Waals surface area (Å²) in [7, 11) is 0. The van der Waals surface area contributed by atoms with Gasteiger partial charge >= 0.3 is 0 Å². The Morgan fingerprint density at radius 2 is 2.40 bits per heavy atom. The predicted octanol–water partition coefficient (Wildman–Crippen LogP) is 2.53. The third-order valence-corrected chi connectivity index (χ3v) is 3.47. The van der Waals surface area contributed by atoms with Crippen molar-refractivity contribution in [3.63, 3.8) is 0 Å². The zero-order chi connectivity index (χ0) is 10.8. The molecule has 1 fully saturated rings. The van der Waals surface area contributed by atoms with Crippen LogP contribution in [0.25, 0.3) is 0 Å². The van der Waals surface area contributed by atoms with E-state index in [1.165, 1.54) is 6.42 Å². The predicted molar refractivity (Wildman–Crippen MR) is 63.6 cm³/mol. The topological polar surface area (TPSA) is 42.4 Å². The van der Waals surface area contributed by atoms with Crippen LogP contribution in [0.1, 0.15) is 31.6 Å². The van der Waals surface area contributed by atoms with Crippen LogP contribution in [0.15, 0.2) is 21.2 Å². The van der Waals surface area contributed by atoms with Gasteiger partial charge in [0.05, 0.1) is 6.04 Å². The summed E-state index contributed by atoms with van der Waals surface area (Å²) in [4.78, 5) is 2.39. The Hall–Kier alpha value is -0.320. The number of hydrogen-bond donors (Lipinski definition) is 1. The van der Waals surface area contributed by atoms with Gasteiger partial charge in [-0.15, -0.1) is 0 Å². The molecule has 2 unspecified atom stereocenters. The van der Waals surface area contributed by atoms with E-state index in [2.05, 4.69) is 27.8 Å². The minimum Gasteiger partial charge on any atom is -0.453 e. The van der Waals surface area contributed by atoms with Gasteiger partial charge in [0.25, 0.3) is 0 Å². The van der Waals surface area contributed by atoms with Gasteiger partial charge in [-0.25, -0.2) is 0 Å². The second-order valence-corrected chi connectivity index (χ2v) is 5.00. The zero-order valence-electron chi connectivity index (χ0n) is 8.95. The molecule has 1 saturated heterocycles. The van der Waals surface area contributed by atoms with Crippen molar-refractivity contribution < 1.29 is 4.42 Å². The van der Waals surface area contributed by atoms with Crippen LogP contribution in [0.4, 0.5) is 0 Å². The Morgan fingerprint density at radius 1 is 1.60 bits per heavy atom. The van der Waals surface area contributed by atoms with E-state index in [1.807, 2.05) is 12.1 Å². The first-order valence-electron chi connectivity index (χ1n) is 5.41. The number of nitrogens with zero attached hydrogens (tertiary/aromatic N) is 1. The van der Waals surface area contributed by atoms with Crippen LogP contribution < -0.4 is 5.73 Å². The smallest absolute Gasteiger partial charge is 0.169 e. The molecule has 1 aliphatic heterocycles. The molecule has 2 atom stereocenters. The molecule has 1 aromatic rings. The van der Waals surface area contributed by atoms with Gasteiger partial charge in [0.2, 0.25) is 0 Å². The van der Waals surface area contributed by atoms with Gasteiger partial charge in [-0.2, -0.15) is 0 Å². The van der Waals surface area contributed by atoms with Crippen molar-refractivity contribution in [2.45, 2.75) is 31.8 Å². The van der Waals surface area contributed by atoms with E-state index in [-0.39, 0.29) is 0 Å². The van der Waals surface area contributed by atoms with E-state index < -0.39 is 0 Å². The van der Waals surface area contributed by atoms with Crippen LogP contribution in [-0.4, -0.2) is 24.0 Å². The van der Waals surface area contributed by atoms with Crippen molar-refractivity contribution in [2.75, 3.05) is 13.1 Å². The van der Waals surface area contributed by atoms with E-state index in [9.17, 15) is 0 Å². The Bertz CT molecular complexity index is 326. The van der Waals surface area contributed by atoms with Gasteiger partial charge in [0.15, 0.2) is 4.67 Å². The summed E-state index contributed by atoms with van der Waals surface area (Å²) in [6.07, 6.45) is 2.33. The highest BCUT2D eigenvalue weighted by Gasteiger charge is 2.23. The molecule has 0 spiro atoms. The summed E-state index contributed by atoms with van der Waals surface area (Å²) in [5.74, 6) is 1.01. The third kappa shape index (κ3) is 2.62. The Morgan fingerprint density at radius 3 is 3.00 bits per heavy atom. The van der Waals surface area contributed by atoms with Crippen LogP contribution in [0.2, 0.25) is 0 Å². The van der Waals surface area contributed by atoms with Gasteiger partial charge in [0, 0.05) is 12.6 Å². The molecular weight excluding hydrogens is 256 g/mol. The van der Waals surface area contributed by atoms with Gasteiger partial charge in [-0.1, -0.05) is 0 Å². The van der Waals surface area contributed by atoms with E-state index >= 15 is 0 Å². The monoisotopic (exact) mass is 272 g/mol. The quantitative estimate of drug-likeness (QED) is 0.900. The molecular formula is C11H17BrN2O. The normalized spacial score (nSPS) is 25.4. The van der Waals surface area contributed by atoms with Crippen molar-refractivity contribution in [1.82, 2.24) is 4.90 Å². The minimum atomic E-state index is 0.319. The lowest BCUT2D eigenvalue weighted by atomic mass is 10.0. The second-order valence-electron chi connectivity index (χ2n) is 4.22. The van der Waals surface area contributed by atoms with E-state index in [0.717, 1.165) is 29.9 Å². The molecule has 0 amide bonds. The van der Waals surface area contributed by atoms with Gasteiger partial charge in [0.1, 0.15) is 5.76 Å². The number of piperidine rings is 1.